The highest BCUT2D eigenvalue weighted by atomic mass is 16.5. The Morgan fingerprint density at radius 3 is 2.78 bits per heavy atom. The summed E-state index contributed by atoms with van der Waals surface area (Å²) in [6.07, 6.45) is 0. The van der Waals surface area contributed by atoms with Crippen molar-refractivity contribution in [3.8, 4) is 5.75 Å². The quantitative estimate of drug-likeness (QED) is 0.622. The molecular weight excluding hydrogens is 236 g/mol. The number of rotatable bonds is 6. The molecule has 6 nitrogen and oxygen atoms in total. The molecule has 1 unspecified atom stereocenters. The molecule has 0 spiro atoms. The van der Waals surface area contributed by atoms with Gasteiger partial charge in [-0.25, -0.2) is 0 Å². The van der Waals surface area contributed by atoms with Crippen LogP contribution in [0.5, 0.6) is 5.75 Å². The molecule has 0 aromatic heterocycles. The number of benzene rings is 1. The average Bonchev–Trinajstić information content (AvgIpc) is 2.38. The SMILES string of the molecule is COCC(CO)NC(=O)c1ccc(N)c(OC)c1. The number of ether oxygens (including phenoxy) is 2. The lowest BCUT2D eigenvalue weighted by Crippen LogP contribution is -2.40. The van der Waals surface area contributed by atoms with Crippen LogP contribution in [0.4, 0.5) is 5.69 Å². The van der Waals surface area contributed by atoms with Gasteiger partial charge in [-0.15, -0.1) is 0 Å². The van der Waals surface area contributed by atoms with Gasteiger partial charge in [-0.1, -0.05) is 0 Å². The number of nitrogens with two attached hydrogens (primary N) is 1. The number of anilines is 1. The van der Waals surface area contributed by atoms with Crippen molar-refractivity contribution in [2.24, 2.45) is 0 Å². The number of amides is 1. The minimum absolute atomic E-state index is 0.189. The third-order valence-electron chi connectivity index (χ3n) is 2.42. The number of hydrogen-bond acceptors (Lipinski definition) is 5. The summed E-state index contributed by atoms with van der Waals surface area (Å²) in [6, 6.07) is 4.30. The largest absolute Gasteiger partial charge is 0.495 e. The maximum Gasteiger partial charge on any atom is 0.251 e. The van der Waals surface area contributed by atoms with Crippen LogP contribution in [-0.4, -0.2) is 44.5 Å². The molecule has 0 heterocycles. The Kier molecular flexibility index (Phi) is 5.41. The van der Waals surface area contributed by atoms with E-state index >= 15 is 0 Å². The summed E-state index contributed by atoms with van der Waals surface area (Å²) in [5.41, 5.74) is 6.53. The van der Waals surface area contributed by atoms with E-state index in [4.69, 9.17) is 20.3 Å². The molecule has 6 heteroatoms. The first-order chi connectivity index (χ1) is 8.62. The summed E-state index contributed by atoms with van der Waals surface area (Å²) in [5, 5.41) is 11.7. The number of aliphatic hydroxyl groups is 1. The number of carbonyl (C=O) groups is 1. The van der Waals surface area contributed by atoms with Crippen LogP contribution in [0.3, 0.4) is 0 Å². The second-order valence-corrected chi connectivity index (χ2v) is 3.77. The Balaban J connectivity index is 2.77. The van der Waals surface area contributed by atoms with Gasteiger partial charge in [0.1, 0.15) is 5.75 Å². The van der Waals surface area contributed by atoms with E-state index in [1.165, 1.54) is 14.2 Å². The molecule has 0 aliphatic heterocycles. The van der Waals surface area contributed by atoms with Crippen LogP contribution in [0.1, 0.15) is 10.4 Å². The lowest BCUT2D eigenvalue weighted by atomic mass is 10.1. The predicted molar refractivity (Wildman–Crippen MR) is 67.6 cm³/mol. The highest BCUT2D eigenvalue weighted by molar-refractivity contribution is 5.95. The highest BCUT2D eigenvalue weighted by Crippen LogP contribution is 2.22. The monoisotopic (exact) mass is 254 g/mol. The normalized spacial score (nSPS) is 11.9. The fourth-order valence-electron chi connectivity index (χ4n) is 1.46. The Morgan fingerprint density at radius 1 is 1.50 bits per heavy atom. The molecule has 1 aromatic carbocycles. The van der Waals surface area contributed by atoms with Gasteiger partial charge in [0.2, 0.25) is 0 Å². The van der Waals surface area contributed by atoms with E-state index in [2.05, 4.69) is 5.32 Å². The molecule has 0 bridgehead atoms. The van der Waals surface area contributed by atoms with E-state index in [1.54, 1.807) is 18.2 Å². The van der Waals surface area contributed by atoms with Gasteiger partial charge in [-0.05, 0) is 18.2 Å². The predicted octanol–water partition coefficient (Wildman–Crippen LogP) is 0.0145. The Hall–Kier alpha value is -1.79. The minimum Gasteiger partial charge on any atom is -0.495 e. The van der Waals surface area contributed by atoms with Crippen molar-refractivity contribution in [1.82, 2.24) is 5.32 Å². The third kappa shape index (κ3) is 3.61. The molecule has 0 saturated heterocycles. The van der Waals surface area contributed by atoms with Crippen molar-refractivity contribution in [2.75, 3.05) is 33.2 Å². The van der Waals surface area contributed by atoms with Gasteiger partial charge in [-0.2, -0.15) is 0 Å². The van der Waals surface area contributed by atoms with Crippen LogP contribution in [0, 0.1) is 0 Å². The lowest BCUT2D eigenvalue weighted by Gasteiger charge is -2.15. The first-order valence-electron chi connectivity index (χ1n) is 5.46. The van der Waals surface area contributed by atoms with Crippen LogP contribution in [0.2, 0.25) is 0 Å². The Bertz CT molecular complexity index is 409. The van der Waals surface area contributed by atoms with E-state index in [9.17, 15) is 4.79 Å². The number of nitrogens with one attached hydrogen (secondary N) is 1. The highest BCUT2D eigenvalue weighted by Gasteiger charge is 2.14. The maximum absolute atomic E-state index is 11.9. The molecule has 4 N–H and O–H groups in total. The van der Waals surface area contributed by atoms with Crippen LogP contribution in [0.25, 0.3) is 0 Å². The number of nitrogen functional groups attached to an aromatic ring is 1. The van der Waals surface area contributed by atoms with Gasteiger partial charge >= 0.3 is 0 Å². The first kappa shape index (κ1) is 14.3. The van der Waals surface area contributed by atoms with Crippen molar-refractivity contribution < 1.29 is 19.4 Å². The summed E-state index contributed by atoms with van der Waals surface area (Å²) < 4.78 is 9.91. The van der Waals surface area contributed by atoms with Gasteiger partial charge in [0, 0.05) is 12.7 Å². The molecule has 1 amide bonds. The van der Waals surface area contributed by atoms with Crippen molar-refractivity contribution in [3.05, 3.63) is 23.8 Å². The van der Waals surface area contributed by atoms with Crippen LogP contribution < -0.4 is 15.8 Å². The molecule has 0 saturated carbocycles. The first-order valence-corrected chi connectivity index (χ1v) is 5.46. The number of methoxy groups -OCH3 is 2. The molecule has 0 aliphatic rings. The smallest absolute Gasteiger partial charge is 0.251 e. The summed E-state index contributed by atoms with van der Waals surface area (Å²) in [6.45, 7) is 0.0556. The fourth-order valence-corrected chi connectivity index (χ4v) is 1.46. The lowest BCUT2D eigenvalue weighted by molar-refractivity contribution is 0.0839. The molecule has 100 valence electrons. The Morgan fingerprint density at radius 2 is 2.22 bits per heavy atom. The van der Waals surface area contributed by atoms with Gasteiger partial charge in [0.05, 0.1) is 32.1 Å². The molecule has 1 atom stereocenters. The average molecular weight is 254 g/mol. The van der Waals surface area contributed by atoms with Crippen LogP contribution in [0.15, 0.2) is 18.2 Å². The summed E-state index contributed by atoms with van der Waals surface area (Å²) >= 11 is 0. The van der Waals surface area contributed by atoms with Gasteiger partial charge in [-0.3, -0.25) is 4.79 Å². The van der Waals surface area contributed by atoms with Crippen LogP contribution in [-0.2, 0) is 4.74 Å². The zero-order chi connectivity index (χ0) is 13.5. The molecule has 0 radical (unpaired) electrons. The van der Waals surface area contributed by atoms with E-state index < -0.39 is 6.04 Å². The standard InChI is InChI=1S/C12H18N2O4/c1-17-7-9(6-15)14-12(16)8-3-4-10(13)11(5-8)18-2/h3-5,9,15H,6-7,13H2,1-2H3,(H,14,16). The Labute approximate surface area is 106 Å². The van der Waals surface area contributed by atoms with E-state index in [1.807, 2.05) is 0 Å². The topological polar surface area (TPSA) is 93.8 Å². The molecular formula is C12H18N2O4. The number of carbonyl (C=O) groups excluding carboxylic acids is 1. The zero-order valence-corrected chi connectivity index (χ0v) is 10.5. The van der Waals surface area contributed by atoms with E-state index in [0.717, 1.165) is 0 Å². The molecule has 0 aliphatic carbocycles. The van der Waals surface area contributed by atoms with Gasteiger partial charge < -0.3 is 25.6 Å². The number of hydrogen-bond donors (Lipinski definition) is 3. The van der Waals surface area contributed by atoms with Crippen LogP contribution >= 0.6 is 0 Å². The summed E-state index contributed by atoms with van der Waals surface area (Å²) in [4.78, 5) is 11.9. The van der Waals surface area contributed by atoms with Crippen molar-refractivity contribution in [3.63, 3.8) is 0 Å². The summed E-state index contributed by atoms with van der Waals surface area (Å²) in [7, 11) is 2.98. The van der Waals surface area contributed by atoms with E-state index in [-0.39, 0.29) is 19.1 Å². The van der Waals surface area contributed by atoms with Gasteiger partial charge in [0.15, 0.2) is 0 Å². The third-order valence-corrected chi connectivity index (χ3v) is 2.42. The molecule has 1 aromatic rings. The maximum atomic E-state index is 11.9. The molecule has 0 fully saturated rings. The van der Waals surface area contributed by atoms with Crippen molar-refractivity contribution >= 4 is 11.6 Å². The minimum atomic E-state index is -0.439. The summed E-state index contributed by atoms with van der Waals surface area (Å²) in [5.74, 6) is 0.124. The molecule has 18 heavy (non-hydrogen) atoms. The van der Waals surface area contributed by atoms with Crippen molar-refractivity contribution in [2.45, 2.75) is 6.04 Å². The van der Waals surface area contributed by atoms with Crippen molar-refractivity contribution in [1.29, 1.82) is 0 Å². The molecule has 1 rings (SSSR count). The second kappa shape index (κ2) is 6.83. The van der Waals surface area contributed by atoms with Gasteiger partial charge in [0.25, 0.3) is 5.91 Å². The van der Waals surface area contributed by atoms with E-state index in [0.29, 0.717) is 17.0 Å². The zero-order valence-electron chi connectivity index (χ0n) is 10.5. The number of aliphatic hydroxyl groups excluding tert-OH is 1. The fraction of sp³-hybridized carbons (Fsp3) is 0.417. The second-order valence-electron chi connectivity index (χ2n) is 3.77.